The Labute approximate surface area is 114 Å². The predicted octanol–water partition coefficient (Wildman–Crippen LogP) is 1.07. The molecular formula is C14H24N2O3. The van der Waals surface area contributed by atoms with E-state index in [2.05, 4.69) is 5.32 Å². The van der Waals surface area contributed by atoms with Gasteiger partial charge in [0.15, 0.2) is 0 Å². The molecule has 0 atom stereocenters. The Morgan fingerprint density at radius 1 is 1.11 bits per heavy atom. The summed E-state index contributed by atoms with van der Waals surface area (Å²) in [6, 6.07) is 0. The van der Waals surface area contributed by atoms with Crippen molar-refractivity contribution in [2.24, 2.45) is 0 Å². The minimum absolute atomic E-state index is 0.00985. The summed E-state index contributed by atoms with van der Waals surface area (Å²) in [7, 11) is 0. The summed E-state index contributed by atoms with van der Waals surface area (Å²) < 4.78 is 5.79. The van der Waals surface area contributed by atoms with Gasteiger partial charge >= 0.3 is 0 Å². The second kappa shape index (κ2) is 7.60. The first kappa shape index (κ1) is 14.5. The number of rotatable bonds is 5. The van der Waals surface area contributed by atoms with Crippen molar-refractivity contribution in [3.63, 3.8) is 0 Å². The third-order valence-corrected chi connectivity index (χ3v) is 3.80. The van der Waals surface area contributed by atoms with E-state index >= 15 is 0 Å². The summed E-state index contributed by atoms with van der Waals surface area (Å²) in [5.41, 5.74) is 0. The van der Waals surface area contributed by atoms with Gasteiger partial charge in [-0.25, -0.2) is 0 Å². The van der Waals surface area contributed by atoms with Gasteiger partial charge in [0.1, 0.15) is 0 Å². The number of likely N-dealkylation sites (tertiary alicyclic amines) is 1. The van der Waals surface area contributed by atoms with E-state index in [1.807, 2.05) is 0 Å². The Morgan fingerprint density at radius 2 is 1.74 bits per heavy atom. The molecular weight excluding hydrogens is 244 g/mol. The maximum absolute atomic E-state index is 11.8. The smallest absolute Gasteiger partial charge is 0.229 e. The fraction of sp³-hybridized carbons (Fsp3) is 0.857. The van der Waals surface area contributed by atoms with Crippen LogP contribution in [0, 0.1) is 0 Å². The van der Waals surface area contributed by atoms with E-state index in [-0.39, 0.29) is 11.8 Å². The van der Waals surface area contributed by atoms with Crippen molar-refractivity contribution in [1.82, 2.24) is 10.2 Å². The second-order valence-corrected chi connectivity index (χ2v) is 5.32. The lowest BCUT2D eigenvalue weighted by Crippen LogP contribution is -2.37. The molecule has 0 spiro atoms. The summed E-state index contributed by atoms with van der Waals surface area (Å²) in [5.74, 6) is -0.0197. The monoisotopic (exact) mass is 268 g/mol. The molecule has 0 unspecified atom stereocenters. The Kier molecular flexibility index (Phi) is 5.79. The highest BCUT2D eigenvalue weighted by Crippen LogP contribution is 2.13. The average Bonchev–Trinajstić information content (AvgIpc) is 2.59. The lowest BCUT2D eigenvalue weighted by atomic mass is 10.1. The zero-order valence-corrected chi connectivity index (χ0v) is 11.5. The van der Waals surface area contributed by atoms with Crippen LogP contribution in [0.25, 0.3) is 0 Å². The van der Waals surface area contributed by atoms with Gasteiger partial charge in [-0.1, -0.05) is 0 Å². The van der Waals surface area contributed by atoms with Crippen LogP contribution < -0.4 is 5.32 Å². The summed E-state index contributed by atoms with van der Waals surface area (Å²) in [5, 5.41) is 3.30. The topological polar surface area (TPSA) is 58.6 Å². The first-order chi connectivity index (χ1) is 9.27. The van der Waals surface area contributed by atoms with Gasteiger partial charge in [0.05, 0.1) is 6.10 Å². The molecule has 0 aromatic rings. The van der Waals surface area contributed by atoms with Crippen LogP contribution in [-0.2, 0) is 14.3 Å². The third-order valence-electron chi connectivity index (χ3n) is 3.80. The van der Waals surface area contributed by atoms with Crippen LogP contribution in [0.1, 0.15) is 44.9 Å². The molecule has 0 saturated carbocycles. The minimum atomic E-state index is -0.00985. The highest BCUT2D eigenvalue weighted by molar-refractivity contribution is 5.95. The van der Waals surface area contributed by atoms with Crippen LogP contribution in [0.15, 0.2) is 0 Å². The molecule has 0 aliphatic carbocycles. The molecule has 5 nitrogen and oxygen atoms in total. The zero-order valence-electron chi connectivity index (χ0n) is 11.5. The predicted molar refractivity (Wildman–Crippen MR) is 71.6 cm³/mol. The van der Waals surface area contributed by atoms with E-state index in [1.165, 1.54) is 4.90 Å². The molecule has 2 amide bonds. The van der Waals surface area contributed by atoms with Gasteiger partial charge in [-0.3, -0.25) is 14.5 Å². The Balaban J connectivity index is 1.65. The van der Waals surface area contributed by atoms with Crippen molar-refractivity contribution in [1.29, 1.82) is 0 Å². The number of amides is 2. The largest absolute Gasteiger partial charge is 0.378 e. The zero-order chi connectivity index (χ0) is 13.5. The highest BCUT2D eigenvalue weighted by Gasteiger charge is 2.23. The number of hydrogen-bond acceptors (Lipinski definition) is 4. The Morgan fingerprint density at radius 3 is 2.37 bits per heavy atom. The molecule has 1 N–H and O–H groups in total. The molecule has 19 heavy (non-hydrogen) atoms. The number of nitrogens with one attached hydrogen (secondary N) is 1. The fourth-order valence-electron chi connectivity index (χ4n) is 2.65. The number of hydrogen-bond donors (Lipinski definition) is 1. The molecule has 2 rings (SSSR count). The SMILES string of the molecule is O=C1CCCCC(=O)N1CCCOC1CCNCC1. The minimum Gasteiger partial charge on any atom is -0.378 e. The third kappa shape index (κ3) is 4.58. The lowest BCUT2D eigenvalue weighted by molar-refractivity contribution is -0.144. The first-order valence-electron chi connectivity index (χ1n) is 7.43. The van der Waals surface area contributed by atoms with E-state index in [4.69, 9.17) is 4.74 Å². The molecule has 0 bridgehead atoms. The normalized spacial score (nSPS) is 22.6. The van der Waals surface area contributed by atoms with E-state index in [1.54, 1.807) is 0 Å². The molecule has 0 aromatic carbocycles. The van der Waals surface area contributed by atoms with E-state index in [9.17, 15) is 9.59 Å². The fourth-order valence-corrected chi connectivity index (χ4v) is 2.65. The Hall–Kier alpha value is -0.940. The van der Waals surface area contributed by atoms with Crippen molar-refractivity contribution < 1.29 is 14.3 Å². The van der Waals surface area contributed by atoms with Gasteiger partial charge < -0.3 is 10.1 Å². The van der Waals surface area contributed by atoms with Gasteiger partial charge in [-0.15, -0.1) is 0 Å². The van der Waals surface area contributed by atoms with Crippen molar-refractivity contribution >= 4 is 11.8 Å². The molecule has 2 saturated heterocycles. The van der Waals surface area contributed by atoms with Gasteiger partial charge in [-0.05, 0) is 45.2 Å². The molecule has 2 fully saturated rings. The van der Waals surface area contributed by atoms with E-state index in [0.717, 1.165) is 45.2 Å². The quantitative estimate of drug-likeness (QED) is 0.598. The highest BCUT2D eigenvalue weighted by atomic mass is 16.5. The number of nitrogens with zero attached hydrogens (tertiary/aromatic N) is 1. The molecule has 0 aromatic heterocycles. The number of piperidine rings is 1. The standard InChI is InChI=1S/C14H24N2O3/c17-13-4-1-2-5-14(18)16(13)10-3-11-19-12-6-8-15-9-7-12/h12,15H,1-11H2. The number of imide groups is 1. The molecule has 0 radical (unpaired) electrons. The maximum Gasteiger partial charge on any atom is 0.229 e. The molecule has 108 valence electrons. The van der Waals surface area contributed by atoms with Crippen molar-refractivity contribution in [2.45, 2.75) is 51.0 Å². The first-order valence-corrected chi connectivity index (χ1v) is 7.43. The number of carbonyl (C=O) groups excluding carboxylic acids is 2. The van der Waals surface area contributed by atoms with Crippen molar-refractivity contribution in [2.75, 3.05) is 26.2 Å². The van der Waals surface area contributed by atoms with Crippen molar-refractivity contribution in [3.05, 3.63) is 0 Å². The van der Waals surface area contributed by atoms with E-state index < -0.39 is 0 Å². The number of carbonyl (C=O) groups is 2. The Bertz CT molecular complexity index is 296. The van der Waals surface area contributed by atoms with Gasteiger partial charge in [0, 0.05) is 26.0 Å². The molecule has 2 heterocycles. The van der Waals surface area contributed by atoms with Gasteiger partial charge in [0.25, 0.3) is 0 Å². The summed E-state index contributed by atoms with van der Waals surface area (Å²) in [4.78, 5) is 25.0. The number of ether oxygens (including phenoxy) is 1. The van der Waals surface area contributed by atoms with Crippen LogP contribution in [-0.4, -0.2) is 49.1 Å². The van der Waals surface area contributed by atoms with Crippen LogP contribution in [0.4, 0.5) is 0 Å². The van der Waals surface area contributed by atoms with Gasteiger partial charge in [0.2, 0.25) is 11.8 Å². The summed E-state index contributed by atoms with van der Waals surface area (Å²) >= 11 is 0. The average molecular weight is 268 g/mol. The molecule has 5 heteroatoms. The molecule has 2 aliphatic heterocycles. The second-order valence-electron chi connectivity index (χ2n) is 5.32. The van der Waals surface area contributed by atoms with E-state index in [0.29, 0.717) is 32.1 Å². The van der Waals surface area contributed by atoms with Crippen LogP contribution in [0.3, 0.4) is 0 Å². The maximum atomic E-state index is 11.8. The summed E-state index contributed by atoms with van der Waals surface area (Å²) in [6.07, 6.45) is 5.92. The van der Waals surface area contributed by atoms with Crippen LogP contribution >= 0.6 is 0 Å². The molecule has 2 aliphatic rings. The van der Waals surface area contributed by atoms with Crippen LogP contribution in [0.5, 0.6) is 0 Å². The van der Waals surface area contributed by atoms with Crippen LogP contribution in [0.2, 0.25) is 0 Å². The lowest BCUT2D eigenvalue weighted by Gasteiger charge is -2.24. The van der Waals surface area contributed by atoms with Gasteiger partial charge in [-0.2, -0.15) is 0 Å². The van der Waals surface area contributed by atoms with Crippen molar-refractivity contribution in [3.8, 4) is 0 Å². The summed E-state index contributed by atoms with van der Waals surface area (Å²) in [6.45, 7) is 3.20.